The van der Waals surface area contributed by atoms with Gasteiger partial charge in [0.05, 0.1) is 5.92 Å². The molecule has 0 radical (unpaired) electrons. The molecule has 3 amide bonds. The fraction of sp³-hybridized carbons (Fsp3) is 0.550. The van der Waals surface area contributed by atoms with E-state index in [2.05, 4.69) is 10.6 Å². The number of benzene rings is 1. The molecule has 1 fully saturated rings. The summed E-state index contributed by atoms with van der Waals surface area (Å²) in [6.07, 6.45) is 1.09. The minimum Gasteiger partial charge on any atom is -0.483 e. The largest absolute Gasteiger partial charge is 0.483 e. The molecule has 0 aliphatic carbocycles. The molecule has 148 valence electrons. The molecule has 1 aromatic rings. The first-order valence-electron chi connectivity index (χ1n) is 9.47. The van der Waals surface area contributed by atoms with Gasteiger partial charge >= 0.3 is 0 Å². The van der Waals surface area contributed by atoms with Crippen molar-refractivity contribution in [2.24, 2.45) is 5.92 Å². The van der Waals surface area contributed by atoms with Gasteiger partial charge in [0.15, 0.2) is 6.61 Å². The molecule has 2 rings (SSSR count). The van der Waals surface area contributed by atoms with Gasteiger partial charge in [0, 0.05) is 32.1 Å². The van der Waals surface area contributed by atoms with Crippen LogP contribution in [0.25, 0.3) is 0 Å². The number of likely N-dealkylation sites (tertiary alicyclic amines) is 1. The molecule has 1 unspecified atom stereocenters. The Balaban J connectivity index is 1.64. The molecule has 1 heterocycles. The van der Waals surface area contributed by atoms with Crippen molar-refractivity contribution in [2.45, 2.75) is 39.7 Å². The van der Waals surface area contributed by atoms with Gasteiger partial charge in [-0.2, -0.15) is 0 Å². The fourth-order valence-corrected chi connectivity index (χ4v) is 3.07. The maximum absolute atomic E-state index is 12.2. The monoisotopic (exact) mass is 375 g/mol. The van der Waals surface area contributed by atoms with Crippen molar-refractivity contribution in [1.29, 1.82) is 0 Å². The Morgan fingerprint density at radius 1 is 1.22 bits per heavy atom. The van der Waals surface area contributed by atoms with Crippen LogP contribution in [0.3, 0.4) is 0 Å². The molecule has 2 N–H and O–H groups in total. The smallest absolute Gasteiger partial charge is 0.258 e. The zero-order valence-electron chi connectivity index (χ0n) is 16.3. The first-order chi connectivity index (χ1) is 12.9. The van der Waals surface area contributed by atoms with E-state index < -0.39 is 0 Å². The number of nitrogens with zero attached hydrogens (tertiary/aromatic N) is 1. The van der Waals surface area contributed by atoms with E-state index in [9.17, 15) is 14.4 Å². The van der Waals surface area contributed by atoms with Gasteiger partial charge in [-0.3, -0.25) is 14.4 Å². The Morgan fingerprint density at radius 2 is 1.93 bits per heavy atom. The standard InChI is InChI=1S/C20H29N3O4/c1-4-15-7-5-6-8-17(15)27-13-18(24)21-9-10-22-20(26)16-11-19(25)23(12-16)14(2)3/h5-8,14,16H,4,9-13H2,1-3H3,(H,21,24)(H,22,26). The van der Waals surface area contributed by atoms with Gasteiger partial charge in [-0.15, -0.1) is 0 Å². The lowest BCUT2D eigenvalue weighted by atomic mass is 10.1. The van der Waals surface area contributed by atoms with Crippen molar-refractivity contribution in [3.8, 4) is 5.75 Å². The van der Waals surface area contributed by atoms with Gasteiger partial charge in [-0.05, 0) is 31.9 Å². The van der Waals surface area contributed by atoms with E-state index in [1.54, 1.807) is 4.90 Å². The average Bonchev–Trinajstić information content (AvgIpc) is 3.05. The maximum Gasteiger partial charge on any atom is 0.258 e. The van der Waals surface area contributed by atoms with Crippen LogP contribution in [0.1, 0.15) is 32.8 Å². The summed E-state index contributed by atoms with van der Waals surface area (Å²) in [7, 11) is 0. The Bertz CT molecular complexity index is 675. The number of carbonyl (C=O) groups is 3. The van der Waals surface area contributed by atoms with Crippen LogP contribution in [0.15, 0.2) is 24.3 Å². The molecule has 0 saturated carbocycles. The van der Waals surface area contributed by atoms with Gasteiger partial charge in [0.2, 0.25) is 11.8 Å². The normalized spacial score (nSPS) is 16.5. The Kier molecular flexibility index (Phi) is 7.64. The Labute approximate surface area is 160 Å². The van der Waals surface area contributed by atoms with E-state index in [1.807, 2.05) is 45.0 Å². The van der Waals surface area contributed by atoms with Gasteiger partial charge < -0.3 is 20.3 Å². The molecule has 0 spiro atoms. The van der Waals surface area contributed by atoms with Gasteiger partial charge in [0.1, 0.15) is 5.75 Å². The lowest BCUT2D eigenvalue weighted by Gasteiger charge is -2.20. The van der Waals surface area contributed by atoms with E-state index >= 15 is 0 Å². The van der Waals surface area contributed by atoms with Crippen LogP contribution in [0.2, 0.25) is 0 Å². The summed E-state index contributed by atoms with van der Waals surface area (Å²) >= 11 is 0. The first-order valence-corrected chi connectivity index (χ1v) is 9.47. The molecule has 1 aromatic carbocycles. The highest BCUT2D eigenvalue weighted by Gasteiger charge is 2.35. The molecular weight excluding hydrogens is 346 g/mol. The van der Waals surface area contributed by atoms with Crippen molar-refractivity contribution in [1.82, 2.24) is 15.5 Å². The van der Waals surface area contributed by atoms with Gasteiger partial charge in [-0.1, -0.05) is 25.1 Å². The SMILES string of the molecule is CCc1ccccc1OCC(=O)NCCNC(=O)C1CC(=O)N(C(C)C)C1. The third-order valence-electron chi connectivity index (χ3n) is 4.61. The number of nitrogens with one attached hydrogen (secondary N) is 2. The van der Waals surface area contributed by atoms with E-state index in [4.69, 9.17) is 4.74 Å². The molecule has 1 atom stereocenters. The Morgan fingerprint density at radius 3 is 2.59 bits per heavy atom. The van der Waals surface area contributed by atoms with Crippen LogP contribution in [-0.2, 0) is 20.8 Å². The molecule has 7 heteroatoms. The highest BCUT2D eigenvalue weighted by atomic mass is 16.5. The van der Waals surface area contributed by atoms with Crippen molar-refractivity contribution in [3.63, 3.8) is 0 Å². The number of amides is 3. The second-order valence-electron chi connectivity index (χ2n) is 6.93. The van der Waals surface area contributed by atoms with Crippen LogP contribution in [-0.4, -0.2) is 54.9 Å². The predicted octanol–water partition coefficient (Wildman–Crippen LogP) is 1.12. The minimum atomic E-state index is -0.315. The van der Waals surface area contributed by atoms with Gasteiger partial charge in [0.25, 0.3) is 5.91 Å². The molecule has 1 aliphatic heterocycles. The highest BCUT2D eigenvalue weighted by Crippen LogP contribution is 2.20. The quantitative estimate of drug-likeness (QED) is 0.633. The maximum atomic E-state index is 12.2. The topological polar surface area (TPSA) is 87.7 Å². The molecular formula is C20H29N3O4. The average molecular weight is 375 g/mol. The molecule has 1 saturated heterocycles. The zero-order chi connectivity index (χ0) is 19.8. The summed E-state index contributed by atoms with van der Waals surface area (Å²) in [5.74, 6) is 0.0301. The van der Waals surface area contributed by atoms with E-state index in [1.165, 1.54) is 0 Å². The van der Waals surface area contributed by atoms with E-state index in [0.717, 1.165) is 12.0 Å². The summed E-state index contributed by atoms with van der Waals surface area (Å²) in [5.41, 5.74) is 1.05. The van der Waals surface area contributed by atoms with Crippen molar-refractivity contribution < 1.29 is 19.1 Å². The number of carbonyl (C=O) groups excluding carboxylic acids is 3. The number of hydrogen-bond acceptors (Lipinski definition) is 4. The zero-order valence-corrected chi connectivity index (χ0v) is 16.3. The summed E-state index contributed by atoms with van der Waals surface area (Å²) < 4.78 is 5.55. The number of rotatable bonds is 9. The first kappa shape index (κ1) is 20.7. The van der Waals surface area contributed by atoms with E-state index in [0.29, 0.717) is 25.4 Å². The van der Waals surface area contributed by atoms with Crippen LogP contribution >= 0.6 is 0 Å². The second-order valence-corrected chi connectivity index (χ2v) is 6.93. The van der Waals surface area contributed by atoms with Crippen LogP contribution < -0.4 is 15.4 Å². The lowest BCUT2D eigenvalue weighted by Crippen LogP contribution is -2.40. The van der Waals surface area contributed by atoms with Crippen molar-refractivity contribution in [2.75, 3.05) is 26.2 Å². The third kappa shape index (κ3) is 5.98. The molecule has 27 heavy (non-hydrogen) atoms. The number of ether oxygens (including phenoxy) is 1. The van der Waals surface area contributed by atoms with Crippen molar-refractivity contribution in [3.05, 3.63) is 29.8 Å². The van der Waals surface area contributed by atoms with Crippen LogP contribution in [0.5, 0.6) is 5.75 Å². The van der Waals surface area contributed by atoms with Crippen molar-refractivity contribution >= 4 is 17.7 Å². The van der Waals surface area contributed by atoms with Gasteiger partial charge in [-0.25, -0.2) is 0 Å². The van der Waals surface area contributed by atoms with Crippen LogP contribution in [0, 0.1) is 5.92 Å². The number of aryl methyl sites for hydroxylation is 1. The molecule has 0 bridgehead atoms. The summed E-state index contributed by atoms with van der Waals surface area (Å²) in [6, 6.07) is 7.72. The Hall–Kier alpha value is -2.57. The van der Waals surface area contributed by atoms with E-state index in [-0.39, 0.29) is 42.7 Å². The number of para-hydroxylation sites is 1. The third-order valence-corrected chi connectivity index (χ3v) is 4.61. The highest BCUT2D eigenvalue weighted by molar-refractivity contribution is 5.89. The summed E-state index contributed by atoms with van der Waals surface area (Å²) in [6.45, 7) is 6.94. The second kappa shape index (κ2) is 9.94. The minimum absolute atomic E-state index is 0.0166. The summed E-state index contributed by atoms with van der Waals surface area (Å²) in [4.78, 5) is 37.6. The number of hydrogen-bond donors (Lipinski definition) is 2. The van der Waals surface area contributed by atoms with Crippen LogP contribution in [0.4, 0.5) is 0 Å². The fourth-order valence-electron chi connectivity index (χ4n) is 3.07. The molecule has 1 aliphatic rings. The predicted molar refractivity (Wildman–Crippen MR) is 102 cm³/mol. The molecule has 7 nitrogen and oxygen atoms in total. The summed E-state index contributed by atoms with van der Waals surface area (Å²) in [5, 5.41) is 5.49. The molecule has 0 aromatic heterocycles. The lowest BCUT2D eigenvalue weighted by molar-refractivity contribution is -0.129.